The van der Waals surface area contributed by atoms with E-state index in [1.54, 1.807) is 18.2 Å². The molecule has 2 aromatic carbocycles. The van der Waals surface area contributed by atoms with Gasteiger partial charge in [-0.25, -0.2) is 0 Å². The summed E-state index contributed by atoms with van der Waals surface area (Å²) in [6.07, 6.45) is 0. The summed E-state index contributed by atoms with van der Waals surface area (Å²) in [6.45, 7) is 3.11. The van der Waals surface area contributed by atoms with Crippen LogP contribution in [0.3, 0.4) is 0 Å². The molecule has 6 heteroatoms. The van der Waals surface area contributed by atoms with Crippen LogP contribution in [0.4, 0.5) is 5.69 Å². The SMILES string of the molecule is Cc1ccc(OC[C@](C)(O)C(=O)Nc2ccc(C#N)c(Cl)c2)cc1. The lowest BCUT2D eigenvalue weighted by atomic mass is 10.1. The van der Waals surface area contributed by atoms with Crippen LogP contribution in [0.25, 0.3) is 0 Å². The van der Waals surface area contributed by atoms with E-state index in [1.165, 1.54) is 19.1 Å². The number of ether oxygens (including phenoxy) is 1. The van der Waals surface area contributed by atoms with Crippen LogP contribution in [0, 0.1) is 18.3 Å². The van der Waals surface area contributed by atoms with Crippen molar-refractivity contribution in [3.05, 3.63) is 58.6 Å². The van der Waals surface area contributed by atoms with E-state index >= 15 is 0 Å². The summed E-state index contributed by atoms with van der Waals surface area (Å²) >= 11 is 5.92. The second-order valence-corrected chi connectivity index (χ2v) is 6.04. The van der Waals surface area contributed by atoms with Gasteiger partial charge in [-0.1, -0.05) is 29.3 Å². The lowest BCUT2D eigenvalue weighted by molar-refractivity contribution is -0.135. The van der Waals surface area contributed by atoms with Gasteiger partial charge < -0.3 is 15.2 Å². The number of anilines is 1. The molecule has 0 aliphatic carbocycles. The van der Waals surface area contributed by atoms with Gasteiger partial charge in [-0.05, 0) is 44.2 Å². The monoisotopic (exact) mass is 344 g/mol. The topological polar surface area (TPSA) is 82.3 Å². The zero-order valence-electron chi connectivity index (χ0n) is 13.3. The number of benzene rings is 2. The molecule has 0 radical (unpaired) electrons. The van der Waals surface area contributed by atoms with Crippen LogP contribution in [0.1, 0.15) is 18.1 Å². The molecule has 0 aliphatic heterocycles. The summed E-state index contributed by atoms with van der Waals surface area (Å²) in [5, 5.41) is 21.9. The lowest BCUT2D eigenvalue weighted by Crippen LogP contribution is -2.45. The minimum atomic E-state index is -1.73. The molecule has 1 amide bonds. The Morgan fingerprint density at radius 2 is 2.00 bits per heavy atom. The van der Waals surface area contributed by atoms with Gasteiger partial charge in [0.2, 0.25) is 0 Å². The van der Waals surface area contributed by atoms with Crippen LogP contribution < -0.4 is 10.1 Å². The molecule has 2 aromatic rings. The Morgan fingerprint density at radius 3 is 2.58 bits per heavy atom. The van der Waals surface area contributed by atoms with E-state index < -0.39 is 11.5 Å². The third-order valence-corrected chi connectivity index (χ3v) is 3.69. The molecule has 0 saturated heterocycles. The van der Waals surface area contributed by atoms with Gasteiger partial charge in [0.1, 0.15) is 18.4 Å². The first-order chi connectivity index (χ1) is 11.3. The number of nitrogens with zero attached hydrogens (tertiary/aromatic N) is 1. The molecule has 5 nitrogen and oxygen atoms in total. The molecule has 0 unspecified atom stereocenters. The first-order valence-corrected chi connectivity index (χ1v) is 7.62. The number of aryl methyl sites for hydroxylation is 1. The average Bonchev–Trinajstić information content (AvgIpc) is 2.54. The summed E-state index contributed by atoms with van der Waals surface area (Å²) < 4.78 is 5.46. The second kappa shape index (κ2) is 7.35. The molecule has 0 spiro atoms. The van der Waals surface area contributed by atoms with Crippen molar-refractivity contribution in [1.82, 2.24) is 0 Å². The summed E-state index contributed by atoms with van der Waals surface area (Å²) in [7, 11) is 0. The molecular weight excluding hydrogens is 328 g/mol. The van der Waals surface area contributed by atoms with Gasteiger partial charge in [-0.15, -0.1) is 0 Å². The number of halogens is 1. The molecule has 0 aromatic heterocycles. The highest BCUT2D eigenvalue weighted by Crippen LogP contribution is 2.21. The minimum absolute atomic E-state index is 0.202. The van der Waals surface area contributed by atoms with Gasteiger partial charge in [0.25, 0.3) is 5.91 Å². The third kappa shape index (κ3) is 4.48. The minimum Gasteiger partial charge on any atom is -0.490 e. The highest BCUT2D eigenvalue weighted by Gasteiger charge is 2.31. The van der Waals surface area contributed by atoms with Crippen molar-refractivity contribution in [2.24, 2.45) is 0 Å². The molecule has 0 heterocycles. The van der Waals surface area contributed by atoms with Crippen molar-refractivity contribution in [3.63, 3.8) is 0 Å². The number of aliphatic hydroxyl groups is 1. The maximum Gasteiger partial charge on any atom is 0.259 e. The van der Waals surface area contributed by atoms with Gasteiger partial charge >= 0.3 is 0 Å². The standard InChI is InChI=1S/C18H17ClN2O3/c1-12-3-7-15(8-4-12)24-11-18(2,23)17(22)21-14-6-5-13(10-20)16(19)9-14/h3-9,23H,11H2,1-2H3,(H,21,22)/t18-/m0/s1. The molecule has 1 atom stereocenters. The van der Waals surface area contributed by atoms with Gasteiger partial charge in [0.15, 0.2) is 5.60 Å². The highest BCUT2D eigenvalue weighted by molar-refractivity contribution is 6.32. The van der Waals surface area contributed by atoms with Gasteiger partial charge in [-0.3, -0.25) is 4.79 Å². The van der Waals surface area contributed by atoms with Crippen molar-refractivity contribution in [2.75, 3.05) is 11.9 Å². The van der Waals surface area contributed by atoms with Crippen molar-refractivity contribution >= 4 is 23.2 Å². The van der Waals surface area contributed by atoms with Crippen LogP contribution in [0.5, 0.6) is 5.75 Å². The molecule has 24 heavy (non-hydrogen) atoms. The fourth-order valence-electron chi connectivity index (χ4n) is 1.87. The predicted octanol–water partition coefficient (Wildman–Crippen LogP) is 3.29. The van der Waals surface area contributed by atoms with Gasteiger partial charge in [0.05, 0.1) is 10.6 Å². The maximum atomic E-state index is 12.2. The zero-order chi connectivity index (χ0) is 17.7. The fraction of sp³-hybridized carbons (Fsp3) is 0.222. The van der Waals surface area contributed by atoms with E-state index in [0.717, 1.165) is 5.56 Å². The van der Waals surface area contributed by atoms with Gasteiger partial charge in [-0.2, -0.15) is 5.26 Å². The molecule has 0 bridgehead atoms. The lowest BCUT2D eigenvalue weighted by Gasteiger charge is -2.22. The first-order valence-electron chi connectivity index (χ1n) is 7.25. The fourth-order valence-corrected chi connectivity index (χ4v) is 2.10. The maximum absolute atomic E-state index is 12.2. The van der Waals surface area contributed by atoms with Crippen LogP contribution >= 0.6 is 11.6 Å². The smallest absolute Gasteiger partial charge is 0.259 e. The number of nitrogens with one attached hydrogen (secondary N) is 1. The van der Waals surface area contributed by atoms with E-state index in [1.807, 2.05) is 25.1 Å². The number of amides is 1. The molecular formula is C18H17ClN2O3. The quantitative estimate of drug-likeness (QED) is 0.872. The summed E-state index contributed by atoms with van der Waals surface area (Å²) in [5.74, 6) is -0.0644. The summed E-state index contributed by atoms with van der Waals surface area (Å²) in [4.78, 5) is 12.2. The normalized spacial score (nSPS) is 12.8. The van der Waals surface area contributed by atoms with Crippen LogP contribution in [0.2, 0.25) is 5.02 Å². The molecule has 0 fully saturated rings. The van der Waals surface area contributed by atoms with Crippen LogP contribution in [-0.4, -0.2) is 23.2 Å². The predicted molar refractivity (Wildman–Crippen MR) is 92.1 cm³/mol. The van der Waals surface area contributed by atoms with Crippen molar-refractivity contribution in [3.8, 4) is 11.8 Å². The Hall–Kier alpha value is -2.55. The first kappa shape index (κ1) is 17.8. The summed E-state index contributed by atoms with van der Waals surface area (Å²) in [6, 6.07) is 13.7. The van der Waals surface area contributed by atoms with E-state index in [4.69, 9.17) is 21.6 Å². The third-order valence-electron chi connectivity index (χ3n) is 3.38. The Bertz CT molecular complexity index is 780. The Kier molecular flexibility index (Phi) is 5.45. The molecule has 2 N–H and O–H groups in total. The Labute approximate surface area is 145 Å². The van der Waals surface area contributed by atoms with Crippen LogP contribution in [0.15, 0.2) is 42.5 Å². The van der Waals surface area contributed by atoms with Gasteiger partial charge in [0, 0.05) is 5.69 Å². The van der Waals surface area contributed by atoms with Crippen molar-refractivity contribution < 1.29 is 14.6 Å². The number of carbonyl (C=O) groups excluding carboxylic acids is 1. The molecule has 124 valence electrons. The number of carbonyl (C=O) groups is 1. The summed E-state index contributed by atoms with van der Waals surface area (Å²) in [5.41, 5.74) is 0.0546. The number of nitriles is 1. The Morgan fingerprint density at radius 1 is 1.33 bits per heavy atom. The number of rotatable bonds is 5. The average molecular weight is 345 g/mol. The zero-order valence-corrected chi connectivity index (χ0v) is 14.1. The second-order valence-electron chi connectivity index (χ2n) is 5.64. The van der Waals surface area contributed by atoms with Crippen molar-refractivity contribution in [2.45, 2.75) is 19.4 Å². The molecule has 0 saturated carbocycles. The van der Waals surface area contributed by atoms with E-state index in [-0.39, 0.29) is 11.6 Å². The largest absolute Gasteiger partial charge is 0.490 e. The highest BCUT2D eigenvalue weighted by atomic mass is 35.5. The van der Waals surface area contributed by atoms with E-state index in [0.29, 0.717) is 17.0 Å². The van der Waals surface area contributed by atoms with Crippen molar-refractivity contribution in [1.29, 1.82) is 5.26 Å². The van der Waals surface area contributed by atoms with E-state index in [9.17, 15) is 9.90 Å². The van der Waals surface area contributed by atoms with Crippen LogP contribution in [-0.2, 0) is 4.79 Å². The molecule has 0 aliphatic rings. The molecule has 2 rings (SSSR count). The number of hydrogen-bond acceptors (Lipinski definition) is 4. The van der Waals surface area contributed by atoms with E-state index in [2.05, 4.69) is 5.32 Å². The number of hydrogen-bond donors (Lipinski definition) is 2. The Balaban J connectivity index is 2.00.